The highest BCUT2D eigenvalue weighted by Crippen LogP contribution is 2.40. The minimum atomic E-state index is 0.448. The lowest BCUT2D eigenvalue weighted by atomic mass is 9.97. The molecule has 0 saturated heterocycles. The first-order valence-electron chi connectivity index (χ1n) is 21.4. The summed E-state index contributed by atoms with van der Waals surface area (Å²) in [5.74, 6) is 0. The topological polar surface area (TPSA) is 8.17 Å². The summed E-state index contributed by atoms with van der Waals surface area (Å²) >= 11 is 0. The monoisotopic (exact) mass is 766 g/mol. The normalized spacial score (nSPS) is 11.8. The molecular weight excluding hydrogens is 725 g/mol. The van der Waals surface area contributed by atoms with Gasteiger partial charge in [0.25, 0.3) is 0 Å². The third-order valence-electron chi connectivity index (χ3n) is 11.6. The van der Waals surface area contributed by atoms with Gasteiger partial charge in [0.2, 0.25) is 0 Å². The first-order valence-corrected chi connectivity index (χ1v) is 20.4. The highest BCUT2D eigenvalue weighted by Gasteiger charge is 2.16. The number of nitrogens with zero attached hydrogens (tertiary/aromatic N) is 2. The van der Waals surface area contributed by atoms with Crippen LogP contribution < -0.4 is 4.90 Å². The van der Waals surface area contributed by atoms with E-state index in [1.54, 1.807) is 0 Å². The Kier molecular flexibility index (Phi) is 8.32. The number of anilines is 3. The van der Waals surface area contributed by atoms with E-state index in [-0.39, 0.29) is 0 Å². The van der Waals surface area contributed by atoms with E-state index in [1.165, 1.54) is 38.6 Å². The summed E-state index contributed by atoms with van der Waals surface area (Å²) in [5.41, 5.74) is 15.0. The van der Waals surface area contributed by atoms with Crippen molar-refractivity contribution in [2.24, 2.45) is 0 Å². The van der Waals surface area contributed by atoms with Crippen molar-refractivity contribution in [3.63, 3.8) is 0 Å². The van der Waals surface area contributed by atoms with Gasteiger partial charge in [-0.05, 0) is 128 Å². The number of aromatic nitrogens is 1. The molecule has 11 rings (SSSR count). The summed E-state index contributed by atoms with van der Waals surface area (Å²) in [5, 5.41) is 4.58. The Morgan fingerprint density at radius 2 is 0.850 bits per heavy atom. The number of para-hydroxylation sites is 2. The summed E-state index contributed by atoms with van der Waals surface area (Å²) < 4.78 is 19.9. The SMILES string of the molecule is [2H]c1ccc2c3cc(-c4ccc(N(c5ccc(-c6cccc(-c7ccccc7)c6)cc5)c5ccc(-c6cccc7ccccc67)cc5)cc4)c([2H])cc3n(-c3ccccc3)c2c1. The van der Waals surface area contributed by atoms with Gasteiger partial charge in [0, 0.05) is 33.5 Å². The number of hydrogen-bond acceptors (Lipinski definition) is 1. The Balaban J connectivity index is 0.988. The van der Waals surface area contributed by atoms with Crippen molar-refractivity contribution in [3.05, 3.63) is 243 Å². The van der Waals surface area contributed by atoms with Crippen LogP contribution in [0.15, 0.2) is 243 Å². The molecule has 0 aliphatic rings. The second-order valence-corrected chi connectivity index (χ2v) is 15.2. The van der Waals surface area contributed by atoms with E-state index < -0.39 is 0 Å². The molecule has 0 unspecified atom stereocenters. The summed E-state index contributed by atoms with van der Waals surface area (Å²) in [4.78, 5) is 2.30. The molecular formula is C58H40N2. The van der Waals surface area contributed by atoms with Gasteiger partial charge in [-0.3, -0.25) is 0 Å². The molecule has 2 heteroatoms. The van der Waals surface area contributed by atoms with Crippen molar-refractivity contribution in [2.75, 3.05) is 4.90 Å². The number of hydrogen-bond donors (Lipinski definition) is 0. The average Bonchev–Trinajstić information content (AvgIpc) is 3.64. The molecule has 0 N–H and O–H groups in total. The maximum Gasteiger partial charge on any atom is 0.0630 e. The summed E-state index contributed by atoms with van der Waals surface area (Å²) in [6.07, 6.45) is 0. The van der Waals surface area contributed by atoms with Gasteiger partial charge in [-0.25, -0.2) is 0 Å². The van der Waals surface area contributed by atoms with Gasteiger partial charge >= 0.3 is 0 Å². The largest absolute Gasteiger partial charge is 0.311 e. The average molecular weight is 767 g/mol. The van der Waals surface area contributed by atoms with Crippen molar-refractivity contribution in [2.45, 2.75) is 0 Å². The van der Waals surface area contributed by atoms with Gasteiger partial charge in [0.05, 0.1) is 13.8 Å². The molecule has 0 radical (unpaired) electrons. The zero-order chi connectivity index (χ0) is 41.6. The van der Waals surface area contributed by atoms with E-state index in [1.807, 2.05) is 42.5 Å². The van der Waals surface area contributed by atoms with Crippen LogP contribution >= 0.6 is 0 Å². The smallest absolute Gasteiger partial charge is 0.0630 e. The Labute approximate surface area is 353 Å². The van der Waals surface area contributed by atoms with Gasteiger partial charge in [-0.15, -0.1) is 0 Å². The fourth-order valence-corrected chi connectivity index (χ4v) is 8.69. The fraction of sp³-hybridized carbons (Fsp3) is 0. The van der Waals surface area contributed by atoms with Gasteiger partial charge in [-0.2, -0.15) is 0 Å². The molecule has 0 spiro atoms. The second kappa shape index (κ2) is 15.1. The van der Waals surface area contributed by atoms with E-state index in [9.17, 15) is 1.37 Å². The van der Waals surface area contributed by atoms with E-state index >= 15 is 0 Å². The van der Waals surface area contributed by atoms with E-state index in [2.05, 4.69) is 198 Å². The van der Waals surface area contributed by atoms with Crippen molar-refractivity contribution in [1.29, 1.82) is 0 Å². The molecule has 0 atom stereocenters. The van der Waals surface area contributed by atoms with Crippen LogP contribution in [0.25, 0.3) is 82.8 Å². The molecule has 0 saturated carbocycles. The predicted molar refractivity (Wildman–Crippen MR) is 255 cm³/mol. The van der Waals surface area contributed by atoms with E-state index in [0.717, 1.165) is 61.2 Å². The lowest BCUT2D eigenvalue weighted by Gasteiger charge is -2.26. The van der Waals surface area contributed by atoms with Crippen LogP contribution in [-0.2, 0) is 0 Å². The van der Waals surface area contributed by atoms with Crippen LogP contribution in [0.1, 0.15) is 2.74 Å². The standard InChI is InChI=1S/C58H40N2/c1-3-13-41(14-4-1)46-17-11-18-47(39-46)42-25-32-50(33-26-42)59(52-36-29-45(30-37-52)54-23-12-16-44-15-7-8-21-53(44)54)51-34-27-43(28-35-51)48-31-38-58-56(40-48)55-22-9-10-24-57(55)60(58)49-19-5-2-6-20-49/h1-40H/i10D,31D. The third-order valence-corrected chi connectivity index (χ3v) is 11.6. The number of fused-ring (bicyclic) bond motifs is 4. The molecule has 0 bridgehead atoms. The molecule has 0 aliphatic heterocycles. The number of rotatable bonds is 8. The lowest BCUT2D eigenvalue weighted by Crippen LogP contribution is -2.09. The molecule has 1 heterocycles. The van der Waals surface area contributed by atoms with Crippen LogP contribution in [0.4, 0.5) is 17.1 Å². The van der Waals surface area contributed by atoms with Crippen molar-refractivity contribution in [1.82, 2.24) is 4.57 Å². The van der Waals surface area contributed by atoms with Crippen LogP contribution in [0.5, 0.6) is 0 Å². The zero-order valence-electron chi connectivity index (χ0n) is 34.8. The summed E-state index contributed by atoms with van der Waals surface area (Å²) in [6.45, 7) is 0. The van der Waals surface area contributed by atoms with Crippen LogP contribution in [0.3, 0.4) is 0 Å². The summed E-state index contributed by atoms with van der Waals surface area (Å²) in [6, 6.07) is 81.6. The Hall–Kier alpha value is -7.94. The lowest BCUT2D eigenvalue weighted by molar-refractivity contribution is 1.18. The quantitative estimate of drug-likeness (QED) is 0.150. The Bertz CT molecular complexity index is 3390. The maximum atomic E-state index is 9.31. The van der Waals surface area contributed by atoms with Gasteiger partial charge in [0.1, 0.15) is 0 Å². The van der Waals surface area contributed by atoms with E-state index in [0.29, 0.717) is 12.1 Å². The van der Waals surface area contributed by atoms with Crippen LogP contribution in [-0.4, -0.2) is 4.57 Å². The minimum Gasteiger partial charge on any atom is -0.311 e. The third kappa shape index (κ3) is 6.41. The van der Waals surface area contributed by atoms with Gasteiger partial charge in [0.15, 0.2) is 0 Å². The Morgan fingerprint density at radius 1 is 0.333 bits per heavy atom. The maximum absolute atomic E-state index is 9.31. The van der Waals surface area contributed by atoms with Crippen LogP contribution in [0, 0.1) is 0 Å². The highest BCUT2D eigenvalue weighted by molar-refractivity contribution is 6.10. The fourth-order valence-electron chi connectivity index (χ4n) is 8.69. The van der Waals surface area contributed by atoms with Crippen molar-refractivity contribution in [3.8, 4) is 50.2 Å². The molecule has 282 valence electrons. The molecule has 0 amide bonds. The summed E-state index contributed by atoms with van der Waals surface area (Å²) in [7, 11) is 0. The molecule has 0 fully saturated rings. The van der Waals surface area contributed by atoms with Gasteiger partial charge < -0.3 is 9.47 Å². The molecule has 60 heavy (non-hydrogen) atoms. The molecule has 11 aromatic rings. The minimum absolute atomic E-state index is 0.448. The van der Waals surface area contributed by atoms with Gasteiger partial charge in [-0.1, -0.05) is 170 Å². The second-order valence-electron chi connectivity index (χ2n) is 15.2. The molecule has 2 nitrogen and oxygen atoms in total. The molecule has 10 aromatic carbocycles. The van der Waals surface area contributed by atoms with E-state index in [4.69, 9.17) is 1.37 Å². The predicted octanol–water partition coefficient (Wildman–Crippen LogP) is 16.1. The highest BCUT2D eigenvalue weighted by atomic mass is 15.1. The molecule has 0 aliphatic carbocycles. The Morgan fingerprint density at radius 3 is 1.55 bits per heavy atom. The first kappa shape index (κ1) is 33.1. The van der Waals surface area contributed by atoms with Crippen molar-refractivity contribution >= 4 is 49.6 Å². The molecule has 1 aromatic heterocycles. The van der Waals surface area contributed by atoms with Crippen molar-refractivity contribution < 1.29 is 2.74 Å². The number of benzene rings is 10. The van der Waals surface area contributed by atoms with Crippen LogP contribution in [0.2, 0.25) is 0 Å². The zero-order valence-corrected chi connectivity index (χ0v) is 32.8. The first-order chi connectivity index (χ1) is 30.6.